The van der Waals surface area contributed by atoms with Crippen molar-refractivity contribution in [1.82, 2.24) is 24.2 Å². The third-order valence-electron chi connectivity index (χ3n) is 7.29. The zero-order chi connectivity index (χ0) is 30.6. The van der Waals surface area contributed by atoms with Gasteiger partial charge in [0.15, 0.2) is 23.2 Å². The second-order valence-electron chi connectivity index (χ2n) is 11.1. The van der Waals surface area contributed by atoms with Crippen molar-refractivity contribution in [2.24, 2.45) is 5.92 Å². The highest BCUT2D eigenvalue weighted by atomic mass is 32.2. The van der Waals surface area contributed by atoms with E-state index in [1.807, 2.05) is 50.2 Å². The van der Waals surface area contributed by atoms with Gasteiger partial charge < -0.3 is 25.0 Å². The fraction of sp³-hybridized carbons (Fsp3) is 0.433. The fourth-order valence-electron chi connectivity index (χ4n) is 5.28. The zero-order valence-corrected chi connectivity index (χ0v) is 25.2. The molecule has 3 heterocycles. The maximum atomic E-state index is 12.6. The van der Waals surface area contributed by atoms with E-state index in [0.717, 1.165) is 11.1 Å². The third-order valence-corrected chi connectivity index (χ3v) is 8.98. The Balaban J connectivity index is 1.51. The van der Waals surface area contributed by atoms with Crippen LogP contribution in [0, 0.1) is 5.92 Å². The van der Waals surface area contributed by atoms with E-state index in [1.165, 1.54) is 18.0 Å². The van der Waals surface area contributed by atoms with E-state index in [1.54, 1.807) is 0 Å². The first-order valence-electron chi connectivity index (χ1n) is 14.2. The molecule has 1 aliphatic heterocycles. The number of nitrogens with one attached hydrogen (secondary N) is 2. The summed E-state index contributed by atoms with van der Waals surface area (Å²) in [5.74, 6) is 0.503. The van der Waals surface area contributed by atoms with Gasteiger partial charge in [-0.3, -0.25) is 4.57 Å². The standard InChI is InChI=1S/C30H38N6O6S/c1-19(2)17-43(39,40)33-15-24-34-28(31-14-22(20-10-6-4-7-11-20)21-12-8-5-9-13-21)25-29(35-24)36(18-32-25)30-27(38)26(37)23(42-30)16-41-3/h4-13,18-19,22-23,26-27,30,33,37-38H,14-17H2,1-3H3,(H,31,34,35)/t23?,26-,27-,30-/m1/s1. The molecule has 1 unspecified atom stereocenters. The number of ether oxygens (including phenoxy) is 2. The van der Waals surface area contributed by atoms with Gasteiger partial charge in [-0.2, -0.15) is 0 Å². The predicted octanol–water partition coefficient (Wildman–Crippen LogP) is 2.41. The Hall–Kier alpha value is -3.46. The van der Waals surface area contributed by atoms with Crippen molar-refractivity contribution in [3.63, 3.8) is 0 Å². The van der Waals surface area contributed by atoms with E-state index >= 15 is 0 Å². The van der Waals surface area contributed by atoms with E-state index in [0.29, 0.717) is 23.5 Å². The largest absolute Gasteiger partial charge is 0.387 e. The van der Waals surface area contributed by atoms with Crippen LogP contribution < -0.4 is 10.0 Å². The molecule has 1 aliphatic rings. The molecule has 2 aromatic heterocycles. The lowest BCUT2D eigenvalue weighted by atomic mass is 9.91. The molecule has 0 amide bonds. The van der Waals surface area contributed by atoms with Crippen molar-refractivity contribution in [3.05, 3.63) is 83.9 Å². The van der Waals surface area contributed by atoms with Crippen LogP contribution in [0.2, 0.25) is 0 Å². The molecule has 0 bridgehead atoms. The van der Waals surface area contributed by atoms with Gasteiger partial charge in [0.2, 0.25) is 10.0 Å². The second-order valence-corrected chi connectivity index (χ2v) is 12.9. The lowest BCUT2D eigenvalue weighted by Gasteiger charge is -2.20. The number of methoxy groups -OCH3 is 1. The van der Waals surface area contributed by atoms with Gasteiger partial charge >= 0.3 is 0 Å². The van der Waals surface area contributed by atoms with Crippen LogP contribution in [0.1, 0.15) is 42.9 Å². The van der Waals surface area contributed by atoms with Gasteiger partial charge in [-0.25, -0.2) is 28.1 Å². The fourth-order valence-corrected chi connectivity index (χ4v) is 6.63. The molecule has 4 atom stereocenters. The molecule has 1 saturated heterocycles. The maximum Gasteiger partial charge on any atom is 0.212 e. The van der Waals surface area contributed by atoms with Crippen LogP contribution >= 0.6 is 0 Å². The van der Waals surface area contributed by atoms with Crippen LogP contribution in [0.3, 0.4) is 0 Å². The molecule has 230 valence electrons. The van der Waals surface area contributed by atoms with E-state index in [-0.39, 0.29) is 36.6 Å². The summed E-state index contributed by atoms with van der Waals surface area (Å²) in [5, 5.41) is 24.8. The Kier molecular flexibility index (Phi) is 9.69. The lowest BCUT2D eigenvalue weighted by molar-refractivity contribution is -0.0580. The molecule has 0 radical (unpaired) electrons. The first-order chi connectivity index (χ1) is 20.7. The van der Waals surface area contributed by atoms with Gasteiger partial charge in [-0.1, -0.05) is 74.5 Å². The number of fused-ring (bicyclic) bond motifs is 1. The highest BCUT2D eigenvalue weighted by Gasteiger charge is 2.44. The first kappa shape index (κ1) is 31.0. The molecular formula is C30H38N6O6S. The average molecular weight is 611 g/mol. The highest BCUT2D eigenvalue weighted by Crippen LogP contribution is 2.33. The Morgan fingerprint density at radius 3 is 2.26 bits per heavy atom. The van der Waals surface area contributed by atoms with Gasteiger partial charge in [-0.05, 0) is 17.0 Å². The third kappa shape index (κ3) is 7.20. The summed E-state index contributed by atoms with van der Waals surface area (Å²) in [6.45, 7) is 4.07. The van der Waals surface area contributed by atoms with Gasteiger partial charge in [-0.15, -0.1) is 0 Å². The van der Waals surface area contributed by atoms with Crippen LogP contribution in [0.25, 0.3) is 11.2 Å². The topological polar surface area (TPSA) is 161 Å². The number of imidazole rings is 1. The number of aliphatic hydroxyl groups is 2. The molecular weight excluding hydrogens is 572 g/mol. The molecule has 4 N–H and O–H groups in total. The molecule has 43 heavy (non-hydrogen) atoms. The monoisotopic (exact) mass is 610 g/mol. The lowest BCUT2D eigenvalue weighted by Crippen LogP contribution is -2.33. The van der Waals surface area contributed by atoms with E-state index < -0.39 is 34.6 Å². The minimum Gasteiger partial charge on any atom is -0.387 e. The smallest absolute Gasteiger partial charge is 0.212 e. The molecule has 2 aromatic carbocycles. The molecule has 1 fully saturated rings. The average Bonchev–Trinajstić information content (AvgIpc) is 3.53. The predicted molar refractivity (Wildman–Crippen MR) is 162 cm³/mol. The number of hydrogen-bond acceptors (Lipinski definition) is 10. The quantitative estimate of drug-likeness (QED) is 0.177. The van der Waals surface area contributed by atoms with Gasteiger partial charge in [0.05, 0.1) is 25.2 Å². The van der Waals surface area contributed by atoms with Crippen LogP contribution in [0.5, 0.6) is 0 Å². The molecule has 0 spiro atoms. The summed E-state index contributed by atoms with van der Waals surface area (Å²) in [5.41, 5.74) is 2.95. The molecule has 12 nitrogen and oxygen atoms in total. The number of sulfonamides is 1. The molecule has 5 rings (SSSR count). The van der Waals surface area contributed by atoms with E-state index in [9.17, 15) is 18.6 Å². The Morgan fingerprint density at radius 2 is 1.65 bits per heavy atom. The minimum absolute atomic E-state index is 0.0209. The Bertz CT molecular complexity index is 1560. The highest BCUT2D eigenvalue weighted by molar-refractivity contribution is 7.89. The van der Waals surface area contributed by atoms with E-state index in [4.69, 9.17) is 9.47 Å². The SMILES string of the molecule is COCC1O[C@@H](n2cnc3c(NCC(c4ccccc4)c4ccccc4)nc(CNS(=O)(=O)CC(C)C)nc32)[C@H](O)[C@@H]1O. The summed E-state index contributed by atoms with van der Waals surface area (Å²) in [6.07, 6.45) is -2.71. The first-order valence-corrected chi connectivity index (χ1v) is 15.9. The number of aliphatic hydroxyl groups excluding tert-OH is 2. The van der Waals surface area contributed by atoms with Crippen molar-refractivity contribution in [3.8, 4) is 0 Å². The number of rotatable bonds is 13. The number of nitrogens with zero attached hydrogens (tertiary/aromatic N) is 4. The normalized spacial score (nSPS) is 20.8. The summed E-state index contributed by atoms with van der Waals surface area (Å²) < 4.78 is 40.4. The van der Waals surface area contributed by atoms with Crippen LogP contribution in [-0.2, 0) is 26.0 Å². The van der Waals surface area contributed by atoms with E-state index in [2.05, 4.69) is 49.3 Å². The van der Waals surface area contributed by atoms with Crippen LogP contribution in [0.4, 0.5) is 5.82 Å². The number of benzene rings is 2. The van der Waals surface area contributed by atoms with Crippen molar-refractivity contribution in [2.75, 3.05) is 31.3 Å². The molecule has 0 aliphatic carbocycles. The summed E-state index contributed by atoms with van der Waals surface area (Å²) in [7, 11) is -2.09. The van der Waals surface area contributed by atoms with Gasteiger partial charge in [0.1, 0.15) is 24.1 Å². The summed E-state index contributed by atoms with van der Waals surface area (Å²) in [6, 6.07) is 20.2. The second kappa shape index (κ2) is 13.5. The van der Waals surface area contributed by atoms with Crippen molar-refractivity contribution >= 4 is 27.0 Å². The van der Waals surface area contributed by atoms with Crippen molar-refractivity contribution in [1.29, 1.82) is 0 Å². The summed E-state index contributed by atoms with van der Waals surface area (Å²) >= 11 is 0. The van der Waals surface area contributed by atoms with Gasteiger partial charge in [0.25, 0.3) is 0 Å². The Labute approximate surface area is 251 Å². The Morgan fingerprint density at radius 1 is 1.00 bits per heavy atom. The molecule has 4 aromatic rings. The van der Waals surface area contributed by atoms with Crippen molar-refractivity contribution < 1.29 is 28.1 Å². The molecule has 0 saturated carbocycles. The summed E-state index contributed by atoms with van der Waals surface area (Å²) in [4.78, 5) is 13.8. The molecule has 13 heteroatoms. The zero-order valence-electron chi connectivity index (χ0n) is 24.4. The number of anilines is 1. The van der Waals surface area contributed by atoms with Crippen LogP contribution in [0.15, 0.2) is 67.0 Å². The minimum atomic E-state index is -3.57. The van der Waals surface area contributed by atoms with Crippen LogP contribution in [-0.4, -0.2) is 82.5 Å². The number of aromatic nitrogens is 4. The number of hydrogen-bond donors (Lipinski definition) is 4. The van der Waals surface area contributed by atoms with Crippen molar-refractivity contribution in [2.45, 2.75) is 50.8 Å². The maximum absolute atomic E-state index is 12.6. The van der Waals surface area contributed by atoms with Gasteiger partial charge in [0, 0.05) is 19.6 Å².